The van der Waals surface area contributed by atoms with Crippen LogP contribution in [0.2, 0.25) is 52.4 Å². The quantitative estimate of drug-likeness (QED) is 0.306. The third-order valence-corrected chi connectivity index (χ3v) is 25.1. The van der Waals surface area contributed by atoms with E-state index in [0.29, 0.717) is 0 Å². The fraction of sp³-hybridized carbons (Fsp3) is 0.222. The number of allylic oxidation sites excluding steroid dienone is 14. The number of hydrogen-bond acceptors (Lipinski definition) is 0. The van der Waals surface area contributed by atoms with Crippen molar-refractivity contribution < 1.29 is 0 Å². The van der Waals surface area contributed by atoms with Gasteiger partial charge in [-0.05, 0) is 21.5 Å². The largest absolute Gasteiger partial charge is 0.112 e. The Bertz CT molecular complexity index is 1520. The Morgan fingerprint density at radius 3 is 0.725 bits per heavy atom. The topological polar surface area (TPSA) is 0 Å². The molecular weight excluding hydrogens is 545 g/mol. The predicted molar refractivity (Wildman–Crippen MR) is 187 cm³/mol. The van der Waals surface area contributed by atoms with Crippen LogP contribution in [0.4, 0.5) is 0 Å². The molecule has 4 aliphatic rings. The van der Waals surface area contributed by atoms with Crippen LogP contribution in [-0.2, 0) is 0 Å². The molecular formula is C36H42Si4. The highest BCUT2D eigenvalue weighted by molar-refractivity contribution is 7.08. The van der Waals surface area contributed by atoms with Crippen LogP contribution in [0.1, 0.15) is 11.1 Å². The standard InChI is InChI=1S/C36H42Si4/c1-37(2)29(27-15-11-9-12-16-27)19-21-31(37)33-23-25-35(39(33,5)6)36-26-24-34(40(36,7)8)32-22-20-30(38(32,3)4)28-17-13-10-14-18-28/h9-26H,1-8H3. The molecule has 0 aliphatic carbocycles. The Kier molecular flexibility index (Phi) is 6.43. The lowest BCUT2D eigenvalue weighted by Crippen LogP contribution is -2.44. The van der Waals surface area contributed by atoms with Gasteiger partial charge in [0.25, 0.3) is 0 Å². The molecule has 0 amide bonds. The molecule has 202 valence electrons. The molecule has 6 rings (SSSR count). The molecule has 0 fully saturated rings. The summed E-state index contributed by atoms with van der Waals surface area (Å²) >= 11 is 0. The Balaban J connectivity index is 1.24. The molecule has 0 bridgehead atoms. The second-order valence-corrected chi connectivity index (χ2v) is 31.2. The fourth-order valence-electron chi connectivity index (χ4n) is 7.62. The average Bonchev–Trinajstić information content (AvgIpc) is 3.58. The molecule has 0 radical (unpaired) electrons. The first-order valence-corrected chi connectivity index (χ1v) is 26.7. The van der Waals surface area contributed by atoms with Crippen LogP contribution in [0, 0.1) is 0 Å². The Morgan fingerprint density at radius 2 is 0.475 bits per heavy atom. The van der Waals surface area contributed by atoms with E-state index < -0.39 is 32.3 Å². The van der Waals surface area contributed by atoms with Gasteiger partial charge in [-0.25, -0.2) is 0 Å². The van der Waals surface area contributed by atoms with E-state index in [4.69, 9.17) is 0 Å². The highest BCUT2D eigenvalue weighted by Crippen LogP contribution is 2.51. The summed E-state index contributed by atoms with van der Waals surface area (Å²) in [5.41, 5.74) is 2.80. The van der Waals surface area contributed by atoms with Crippen LogP contribution in [0.5, 0.6) is 0 Å². The second kappa shape index (κ2) is 9.38. The van der Waals surface area contributed by atoms with E-state index in [9.17, 15) is 0 Å². The minimum Gasteiger partial charge on any atom is -0.0628 e. The van der Waals surface area contributed by atoms with Crippen molar-refractivity contribution in [2.24, 2.45) is 0 Å². The Morgan fingerprint density at radius 1 is 0.275 bits per heavy atom. The lowest BCUT2D eigenvalue weighted by atomic mass is 10.2. The molecule has 4 aliphatic heterocycles. The van der Waals surface area contributed by atoms with E-state index in [1.54, 1.807) is 41.6 Å². The molecule has 0 saturated heterocycles. The SMILES string of the molecule is C[Si]1(C)C(C2=CC=C(C3=CC=C(c4ccccc4)[Si]3(C)C)[Si]2(C)C)=CC=C1C1=CC=C(c2ccccc2)[Si]1(C)C. The third-order valence-electron chi connectivity index (χ3n) is 10.1. The van der Waals surface area contributed by atoms with Crippen molar-refractivity contribution in [3.63, 3.8) is 0 Å². The highest BCUT2D eigenvalue weighted by atomic mass is 28.3. The maximum Gasteiger partial charge on any atom is 0.112 e. The maximum atomic E-state index is 2.61. The van der Waals surface area contributed by atoms with Crippen LogP contribution in [0.3, 0.4) is 0 Å². The minimum absolute atomic E-state index is 1.40. The molecule has 0 saturated carbocycles. The molecule has 4 heterocycles. The summed E-state index contributed by atoms with van der Waals surface area (Å²) in [4.78, 5) is 0. The molecule has 0 atom stereocenters. The van der Waals surface area contributed by atoms with Gasteiger partial charge in [-0.15, -0.1) is 0 Å². The van der Waals surface area contributed by atoms with Gasteiger partial charge in [-0.3, -0.25) is 0 Å². The smallest absolute Gasteiger partial charge is 0.0628 e. The van der Waals surface area contributed by atoms with Gasteiger partial charge in [0.05, 0.1) is 0 Å². The number of benzene rings is 2. The molecule has 0 unspecified atom stereocenters. The monoisotopic (exact) mass is 586 g/mol. The van der Waals surface area contributed by atoms with E-state index in [1.165, 1.54) is 11.1 Å². The maximum absolute atomic E-state index is 2.61. The van der Waals surface area contributed by atoms with Crippen molar-refractivity contribution >= 4 is 42.7 Å². The number of rotatable bonds is 5. The van der Waals surface area contributed by atoms with Gasteiger partial charge in [0.15, 0.2) is 0 Å². The Labute approximate surface area is 245 Å². The summed E-state index contributed by atoms with van der Waals surface area (Å²) in [7, 11) is -7.22. The van der Waals surface area contributed by atoms with Crippen LogP contribution >= 0.6 is 0 Å². The van der Waals surface area contributed by atoms with Crippen molar-refractivity contribution in [2.75, 3.05) is 0 Å². The van der Waals surface area contributed by atoms with Gasteiger partial charge in [-0.1, -0.05) is 193 Å². The summed E-state index contributed by atoms with van der Waals surface area (Å²) in [6, 6.07) is 22.1. The van der Waals surface area contributed by atoms with Crippen LogP contribution < -0.4 is 0 Å². The van der Waals surface area contributed by atoms with Gasteiger partial charge in [-0.2, -0.15) is 0 Å². The van der Waals surface area contributed by atoms with Crippen molar-refractivity contribution in [1.82, 2.24) is 0 Å². The van der Waals surface area contributed by atoms with Crippen LogP contribution in [0.15, 0.2) is 140 Å². The van der Waals surface area contributed by atoms with Gasteiger partial charge in [0.2, 0.25) is 0 Å². The van der Waals surface area contributed by atoms with Gasteiger partial charge < -0.3 is 0 Å². The molecule has 0 aromatic heterocycles. The second-order valence-electron chi connectivity index (χ2n) is 13.9. The van der Waals surface area contributed by atoms with Gasteiger partial charge in [0.1, 0.15) is 32.3 Å². The summed E-state index contributed by atoms with van der Waals surface area (Å²) in [6.45, 7) is 20.6. The van der Waals surface area contributed by atoms with Crippen LogP contribution in [-0.4, -0.2) is 32.3 Å². The van der Waals surface area contributed by atoms with Crippen molar-refractivity contribution in [3.05, 3.63) is 152 Å². The van der Waals surface area contributed by atoms with Gasteiger partial charge >= 0.3 is 0 Å². The zero-order valence-corrected chi connectivity index (χ0v) is 29.4. The van der Waals surface area contributed by atoms with Crippen molar-refractivity contribution in [1.29, 1.82) is 0 Å². The third kappa shape index (κ3) is 4.03. The summed E-state index contributed by atoms with van der Waals surface area (Å²) in [5.74, 6) is 0. The molecule has 4 heteroatoms. The van der Waals surface area contributed by atoms with Crippen LogP contribution in [0.25, 0.3) is 10.4 Å². The summed E-state index contributed by atoms with van der Waals surface area (Å²) in [6.07, 6.45) is 19.9. The minimum atomic E-state index is -1.84. The zero-order valence-electron chi connectivity index (χ0n) is 25.4. The van der Waals surface area contributed by atoms with E-state index in [1.807, 2.05) is 0 Å². The molecule has 0 spiro atoms. The summed E-state index contributed by atoms with van der Waals surface area (Å²) < 4.78 is 0. The van der Waals surface area contributed by atoms with E-state index in [-0.39, 0.29) is 0 Å². The van der Waals surface area contributed by atoms with E-state index >= 15 is 0 Å². The first-order valence-electron chi connectivity index (χ1n) is 14.7. The molecule has 2 aromatic carbocycles. The van der Waals surface area contributed by atoms with E-state index in [2.05, 4.69) is 162 Å². The fourth-order valence-corrected chi connectivity index (χ4v) is 24.7. The van der Waals surface area contributed by atoms with Crippen molar-refractivity contribution in [2.45, 2.75) is 52.4 Å². The van der Waals surface area contributed by atoms with E-state index in [0.717, 1.165) is 0 Å². The lowest BCUT2D eigenvalue weighted by molar-refractivity contribution is 1.56. The first kappa shape index (κ1) is 27.4. The predicted octanol–water partition coefficient (Wildman–Crippen LogP) is 9.91. The molecule has 40 heavy (non-hydrogen) atoms. The average molecular weight is 587 g/mol. The molecule has 0 nitrogen and oxygen atoms in total. The molecule has 0 N–H and O–H groups in total. The van der Waals surface area contributed by atoms with Gasteiger partial charge in [0, 0.05) is 0 Å². The normalized spacial score (nSPS) is 23.5. The summed E-state index contributed by atoms with van der Waals surface area (Å²) in [5, 5.41) is 13.2. The zero-order chi connectivity index (χ0) is 28.5. The molecule has 2 aromatic rings. The number of hydrogen-bond donors (Lipinski definition) is 0. The van der Waals surface area contributed by atoms with Crippen molar-refractivity contribution in [3.8, 4) is 0 Å². The Hall–Kier alpha value is -2.77. The lowest BCUT2D eigenvalue weighted by Gasteiger charge is -2.38. The first-order chi connectivity index (χ1) is 18.9. The highest BCUT2D eigenvalue weighted by Gasteiger charge is 2.49.